The van der Waals surface area contributed by atoms with Gasteiger partial charge in [0.05, 0.1) is 0 Å². The van der Waals surface area contributed by atoms with Gasteiger partial charge >= 0.3 is 0 Å². The standard InChI is InChI=1S/C12H15NO2/c1-9(14)10-4-2-3-5-11(10)12(15)6-7-13-8-12/h2-5,13,15H,6-8H2,1H3. The number of Topliss-reactive ketones (excluding diaryl/α,β-unsaturated/α-hetero) is 1. The topological polar surface area (TPSA) is 49.3 Å². The summed E-state index contributed by atoms with van der Waals surface area (Å²) in [5, 5.41) is 13.5. The number of nitrogens with one attached hydrogen (secondary N) is 1. The second kappa shape index (κ2) is 3.76. The van der Waals surface area contributed by atoms with Crippen LogP contribution in [0.3, 0.4) is 0 Å². The van der Waals surface area contributed by atoms with Crippen LogP contribution in [0.2, 0.25) is 0 Å². The maximum atomic E-state index is 11.4. The fraction of sp³-hybridized carbons (Fsp3) is 0.417. The van der Waals surface area contributed by atoms with Crippen LogP contribution in [-0.4, -0.2) is 24.0 Å². The number of hydrogen-bond acceptors (Lipinski definition) is 3. The van der Waals surface area contributed by atoms with Crippen molar-refractivity contribution >= 4 is 5.78 Å². The summed E-state index contributed by atoms with van der Waals surface area (Å²) in [5.74, 6) is 0.00549. The van der Waals surface area contributed by atoms with Gasteiger partial charge in [-0.05, 0) is 25.5 Å². The number of hydrogen-bond donors (Lipinski definition) is 2. The van der Waals surface area contributed by atoms with Gasteiger partial charge in [-0.1, -0.05) is 24.3 Å². The third-order valence-corrected chi connectivity index (χ3v) is 2.94. The molecule has 1 heterocycles. The normalized spacial score (nSPS) is 25.5. The summed E-state index contributed by atoms with van der Waals surface area (Å²) in [7, 11) is 0. The van der Waals surface area contributed by atoms with E-state index in [0.29, 0.717) is 18.5 Å². The van der Waals surface area contributed by atoms with E-state index in [9.17, 15) is 9.90 Å². The highest BCUT2D eigenvalue weighted by atomic mass is 16.3. The number of carbonyl (C=O) groups excluding carboxylic acids is 1. The first kappa shape index (κ1) is 10.3. The Morgan fingerprint density at radius 2 is 2.20 bits per heavy atom. The Labute approximate surface area is 89.1 Å². The highest BCUT2D eigenvalue weighted by Crippen LogP contribution is 2.30. The second-order valence-corrected chi connectivity index (χ2v) is 4.06. The lowest BCUT2D eigenvalue weighted by Gasteiger charge is -2.23. The number of ketones is 1. The lowest BCUT2D eigenvalue weighted by atomic mass is 9.88. The van der Waals surface area contributed by atoms with Gasteiger partial charge in [-0.15, -0.1) is 0 Å². The molecule has 0 aromatic heterocycles. The first-order valence-electron chi connectivity index (χ1n) is 5.17. The molecule has 2 N–H and O–H groups in total. The minimum Gasteiger partial charge on any atom is -0.384 e. The Morgan fingerprint density at radius 3 is 2.80 bits per heavy atom. The van der Waals surface area contributed by atoms with E-state index in [-0.39, 0.29) is 5.78 Å². The van der Waals surface area contributed by atoms with Crippen LogP contribution in [0.5, 0.6) is 0 Å². The van der Waals surface area contributed by atoms with Crippen LogP contribution in [0.15, 0.2) is 24.3 Å². The number of rotatable bonds is 2. The van der Waals surface area contributed by atoms with Gasteiger partial charge in [0, 0.05) is 12.1 Å². The predicted molar refractivity (Wildman–Crippen MR) is 57.8 cm³/mol. The van der Waals surface area contributed by atoms with Gasteiger partial charge < -0.3 is 10.4 Å². The minimum atomic E-state index is -0.873. The van der Waals surface area contributed by atoms with Crippen molar-refractivity contribution in [3.05, 3.63) is 35.4 Å². The van der Waals surface area contributed by atoms with E-state index in [0.717, 1.165) is 12.1 Å². The molecule has 1 aromatic rings. The molecule has 0 bridgehead atoms. The molecule has 1 aromatic carbocycles. The van der Waals surface area contributed by atoms with Gasteiger partial charge in [-0.2, -0.15) is 0 Å². The summed E-state index contributed by atoms with van der Waals surface area (Å²) in [6.45, 7) is 2.85. The van der Waals surface area contributed by atoms with Gasteiger partial charge in [-0.3, -0.25) is 4.79 Å². The molecule has 0 spiro atoms. The zero-order chi connectivity index (χ0) is 10.9. The number of β-amino-alcohol motifs (C(OH)–C–C–N with tert-alkyl or cyclic N) is 1. The van der Waals surface area contributed by atoms with Crippen molar-refractivity contribution in [3.63, 3.8) is 0 Å². The average Bonchev–Trinajstić information content (AvgIpc) is 2.66. The third-order valence-electron chi connectivity index (χ3n) is 2.94. The molecular weight excluding hydrogens is 190 g/mol. The molecule has 1 saturated heterocycles. The molecule has 0 aliphatic carbocycles. The molecule has 1 atom stereocenters. The summed E-state index contributed by atoms with van der Waals surface area (Å²) in [5.41, 5.74) is 0.508. The monoisotopic (exact) mass is 205 g/mol. The van der Waals surface area contributed by atoms with Crippen LogP contribution >= 0.6 is 0 Å². The van der Waals surface area contributed by atoms with E-state index in [1.807, 2.05) is 18.2 Å². The minimum absolute atomic E-state index is 0.00549. The first-order valence-corrected chi connectivity index (χ1v) is 5.17. The highest BCUT2D eigenvalue weighted by molar-refractivity contribution is 5.95. The largest absolute Gasteiger partial charge is 0.384 e. The van der Waals surface area contributed by atoms with E-state index in [2.05, 4.69) is 5.32 Å². The maximum Gasteiger partial charge on any atom is 0.160 e. The zero-order valence-electron chi connectivity index (χ0n) is 8.79. The summed E-state index contributed by atoms with van der Waals surface area (Å²) in [6, 6.07) is 7.29. The summed E-state index contributed by atoms with van der Waals surface area (Å²) in [6.07, 6.45) is 0.664. The maximum absolute atomic E-state index is 11.4. The van der Waals surface area contributed by atoms with E-state index < -0.39 is 5.60 Å². The number of benzene rings is 1. The fourth-order valence-corrected chi connectivity index (χ4v) is 2.10. The van der Waals surface area contributed by atoms with Crippen molar-refractivity contribution < 1.29 is 9.90 Å². The predicted octanol–water partition coefficient (Wildman–Crippen LogP) is 1.07. The Morgan fingerprint density at radius 1 is 1.47 bits per heavy atom. The molecule has 3 heteroatoms. The molecule has 2 rings (SSSR count). The van der Waals surface area contributed by atoms with Crippen LogP contribution in [0, 0.1) is 0 Å². The van der Waals surface area contributed by atoms with Gasteiger partial charge in [0.15, 0.2) is 5.78 Å². The molecule has 0 saturated carbocycles. The van der Waals surface area contributed by atoms with Crippen LogP contribution in [0.4, 0.5) is 0 Å². The molecule has 3 nitrogen and oxygen atoms in total. The summed E-state index contributed by atoms with van der Waals surface area (Å²) >= 11 is 0. The Balaban J connectivity index is 2.47. The number of carbonyl (C=O) groups is 1. The van der Waals surface area contributed by atoms with E-state index in [4.69, 9.17) is 0 Å². The molecule has 1 unspecified atom stereocenters. The van der Waals surface area contributed by atoms with Crippen molar-refractivity contribution in [2.75, 3.05) is 13.1 Å². The van der Waals surface area contributed by atoms with Gasteiger partial charge in [-0.25, -0.2) is 0 Å². The molecule has 1 aliphatic heterocycles. The van der Waals surface area contributed by atoms with Gasteiger partial charge in [0.1, 0.15) is 5.60 Å². The van der Waals surface area contributed by atoms with Crippen LogP contribution in [0.1, 0.15) is 29.3 Å². The summed E-state index contributed by atoms with van der Waals surface area (Å²) in [4.78, 5) is 11.4. The third kappa shape index (κ3) is 1.80. The van der Waals surface area contributed by atoms with Crippen molar-refractivity contribution in [2.45, 2.75) is 18.9 Å². The lowest BCUT2D eigenvalue weighted by Crippen LogP contribution is -2.30. The van der Waals surface area contributed by atoms with Crippen molar-refractivity contribution in [1.29, 1.82) is 0 Å². The Kier molecular flexibility index (Phi) is 2.59. The Hall–Kier alpha value is -1.19. The second-order valence-electron chi connectivity index (χ2n) is 4.06. The quantitative estimate of drug-likeness (QED) is 0.710. The summed E-state index contributed by atoms with van der Waals surface area (Å²) < 4.78 is 0. The zero-order valence-corrected chi connectivity index (χ0v) is 8.79. The van der Waals surface area contributed by atoms with Gasteiger partial charge in [0.25, 0.3) is 0 Å². The molecule has 1 fully saturated rings. The van der Waals surface area contributed by atoms with Crippen molar-refractivity contribution in [1.82, 2.24) is 5.32 Å². The number of aliphatic hydroxyl groups is 1. The van der Waals surface area contributed by atoms with Crippen molar-refractivity contribution in [2.24, 2.45) is 0 Å². The van der Waals surface area contributed by atoms with Crippen LogP contribution < -0.4 is 5.32 Å². The fourth-order valence-electron chi connectivity index (χ4n) is 2.10. The molecule has 0 amide bonds. The SMILES string of the molecule is CC(=O)c1ccccc1C1(O)CCNC1. The van der Waals surface area contributed by atoms with E-state index in [1.54, 1.807) is 6.07 Å². The first-order chi connectivity index (χ1) is 7.13. The smallest absolute Gasteiger partial charge is 0.160 e. The molecule has 0 radical (unpaired) electrons. The highest BCUT2D eigenvalue weighted by Gasteiger charge is 2.35. The molecule has 1 aliphatic rings. The van der Waals surface area contributed by atoms with Crippen LogP contribution in [0.25, 0.3) is 0 Å². The van der Waals surface area contributed by atoms with Crippen LogP contribution in [-0.2, 0) is 5.60 Å². The Bertz CT molecular complexity index is 381. The molecular formula is C12H15NO2. The van der Waals surface area contributed by atoms with Gasteiger partial charge in [0.2, 0.25) is 0 Å². The average molecular weight is 205 g/mol. The molecule has 80 valence electrons. The van der Waals surface area contributed by atoms with E-state index >= 15 is 0 Å². The molecule has 15 heavy (non-hydrogen) atoms. The van der Waals surface area contributed by atoms with Crippen molar-refractivity contribution in [3.8, 4) is 0 Å². The van der Waals surface area contributed by atoms with E-state index in [1.165, 1.54) is 6.92 Å². The lowest BCUT2D eigenvalue weighted by molar-refractivity contribution is 0.0571.